The molecule has 0 spiro atoms. The largest absolute Gasteiger partial charge is 0.310 e. The van der Waals surface area contributed by atoms with Gasteiger partial charge in [0.1, 0.15) is 12.0 Å². The highest BCUT2D eigenvalue weighted by Gasteiger charge is 2.27. The molecule has 3 aliphatic rings. The number of carbonyl (C=O) groups excluding carboxylic acids is 1. The number of Topliss-reactive ketones (excluding diaryl/α,β-unsaturated/α-hetero) is 1. The van der Waals surface area contributed by atoms with E-state index in [1.807, 2.05) is 24.4 Å². The molecule has 2 saturated heterocycles. The molecule has 0 amide bonds. The first-order valence-electron chi connectivity index (χ1n) is 16.4. The molecule has 1 N–H and O–H groups in total. The van der Waals surface area contributed by atoms with Crippen molar-refractivity contribution in [2.75, 3.05) is 26.2 Å². The van der Waals surface area contributed by atoms with Gasteiger partial charge in [0, 0.05) is 42.9 Å². The van der Waals surface area contributed by atoms with Gasteiger partial charge in [0.2, 0.25) is 0 Å². The average Bonchev–Trinajstić information content (AvgIpc) is 3.77. The minimum absolute atomic E-state index is 0.159. The number of fused-ring (bicyclic) bond motifs is 3. The number of nitrogens with zero attached hydrogens (tertiary/aromatic N) is 3. The van der Waals surface area contributed by atoms with Crippen LogP contribution >= 0.6 is 11.3 Å². The zero-order valence-electron chi connectivity index (χ0n) is 24.9. The summed E-state index contributed by atoms with van der Waals surface area (Å²) >= 11 is 1.56. The fraction of sp³-hybridized carbons (Fsp3) is 0.543. The number of ketones is 1. The molecule has 0 radical (unpaired) electrons. The summed E-state index contributed by atoms with van der Waals surface area (Å²) in [5, 5.41) is 3.55. The van der Waals surface area contributed by atoms with Crippen LogP contribution in [0, 0.1) is 5.82 Å². The van der Waals surface area contributed by atoms with E-state index in [1.54, 1.807) is 17.4 Å². The van der Waals surface area contributed by atoms with Gasteiger partial charge in [-0.15, -0.1) is 0 Å². The fourth-order valence-electron chi connectivity index (χ4n) is 7.51. The van der Waals surface area contributed by atoms with Crippen LogP contribution in [0.5, 0.6) is 0 Å². The molecule has 1 aliphatic carbocycles. The molecule has 2 aliphatic heterocycles. The molecule has 7 rings (SSSR count). The molecule has 4 aromatic rings. The molecule has 4 heterocycles. The van der Waals surface area contributed by atoms with Crippen LogP contribution in [0.1, 0.15) is 110 Å². The summed E-state index contributed by atoms with van der Waals surface area (Å²) in [6.07, 6.45) is 13.0. The van der Waals surface area contributed by atoms with Gasteiger partial charge < -0.3 is 10.2 Å². The Bertz CT molecular complexity index is 1590. The zero-order chi connectivity index (χ0) is 29.3. The molecule has 228 valence electrons. The highest BCUT2D eigenvalue weighted by molar-refractivity contribution is 7.23. The van der Waals surface area contributed by atoms with Crippen molar-refractivity contribution in [2.45, 2.75) is 95.2 Å². The van der Waals surface area contributed by atoms with Crippen molar-refractivity contribution in [3.8, 4) is 11.3 Å². The third-order valence-corrected chi connectivity index (χ3v) is 11.0. The predicted molar refractivity (Wildman–Crippen MR) is 171 cm³/mol. The number of hydrogen-bond donors (Lipinski definition) is 1. The van der Waals surface area contributed by atoms with E-state index in [1.165, 1.54) is 19.3 Å². The van der Waals surface area contributed by atoms with Gasteiger partial charge in [0.05, 0.1) is 15.9 Å². The second-order valence-electron chi connectivity index (χ2n) is 12.9. The summed E-state index contributed by atoms with van der Waals surface area (Å²) in [7, 11) is 0. The second kappa shape index (κ2) is 12.7. The Hall–Kier alpha value is -2.68. The van der Waals surface area contributed by atoms with Crippen LogP contribution in [0.25, 0.3) is 26.4 Å². The quantitative estimate of drug-likeness (QED) is 0.154. The van der Waals surface area contributed by atoms with E-state index >= 15 is 4.39 Å². The monoisotopic (exact) mass is 604 g/mol. The number of likely N-dealkylation sites (tertiary alicyclic amines) is 1. The number of piperidine rings is 1. The molecule has 0 unspecified atom stereocenters. The standard InChI is InChI=1S/C35H42F2N4OS/c36-26-13-17-40(18-14-26)16-5-4-10-32(42)24-11-12-31-33(21-24)43-35-39-30(22-41(31)35)34-27(23-7-2-1-3-8-23)19-25(20-28(34)37)29-9-6-15-38-29/h11-12,19-23,26,29,38H,1-10,13-18H2/t29-/m0/s1. The lowest BCUT2D eigenvalue weighted by molar-refractivity contribution is 0.0976. The van der Waals surface area contributed by atoms with Crippen molar-refractivity contribution < 1.29 is 13.6 Å². The summed E-state index contributed by atoms with van der Waals surface area (Å²) in [6.45, 7) is 3.58. The van der Waals surface area contributed by atoms with Crippen LogP contribution in [-0.2, 0) is 0 Å². The number of imidazole rings is 1. The first-order valence-corrected chi connectivity index (χ1v) is 17.2. The minimum Gasteiger partial charge on any atom is -0.310 e. The number of hydrogen-bond acceptors (Lipinski definition) is 5. The smallest absolute Gasteiger partial charge is 0.195 e. The number of halogens is 2. The van der Waals surface area contributed by atoms with Gasteiger partial charge in [-0.1, -0.05) is 36.7 Å². The van der Waals surface area contributed by atoms with Gasteiger partial charge >= 0.3 is 0 Å². The van der Waals surface area contributed by atoms with E-state index in [-0.39, 0.29) is 17.6 Å². The summed E-state index contributed by atoms with van der Waals surface area (Å²) in [5.74, 6) is 0.362. The Kier molecular flexibility index (Phi) is 8.61. The third-order valence-electron chi connectivity index (χ3n) is 9.97. The maximum atomic E-state index is 16.0. The highest BCUT2D eigenvalue weighted by atomic mass is 32.1. The number of carbonyl (C=O) groups is 1. The number of aromatic nitrogens is 2. The van der Waals surface area contributed by atoms with E-state index in [4.69, 9.17) is 4.98 Å². The Balaban J connectivity index is 1.10. The van der Waals surface area contributed by atoms with Crippen LogP contribution in [0.2, 0.25) is 0 Å². The van der Waals surface area contributed by atoms with Gasteiger partial charge in [-0.3, -0.25) is 9.20 Å². The Morgan fingerprint density at radius 3 is 2.63 bits per heavy atom. The van der Waals surface area contributed by atoms with Crippen LogP contribution in [0.4, 0.5) is 8.78 Å². The van der Waals surface area contributed by atoms with Crippen molar-refractivity contribution in [2.24, 2.45) is 0 Å². The third kappa shape index (κ3) is 6.16. The van der Waals surface area contributed by atoms with E-state index < -0.39 is 6.17 Å². The summed E-state index contributed by atoms with van der Waals surface area (Å²) in [4.78, 5) is 21.1. The number of benzene rings is 2. The average molecular weight is 605 g/mol. The first-order chi connectivity index (χ1) is 21.0. The molecular formula is C35H42F2N4OS. The van der Waals surface area contributed by atoms with Crippen LogP contribution < -0.4 is 5.32 Å². The summed E-state index contributed by atoms with van der Waals surface area (Å²) in [5.41, 5.74) is 5.30. The SMILES string of the molecule is O=C(CCCCN1CCC(F)CC1)c1ccc2c(c1)sc1nc(-c3c(F)cc([C@@H]4CCCN4)cc3C3CCCCC3)cn12. The van der Waals surface area contributed by atoms with Crippen molar-refractivity contribution in [3.05, 3.63) is 59.0 Å². The van der Waals surface area contributed by atoms with E-state index in [0.29, 0.717) is 36.4 Å². The maximum Gasteiger partial charge on any atom is 0.195 e. The van der Waals surface area contributed by atoms with E-state index in [0.717, 1.165) is 96.6 Å². The molecule has 0 bridgehead atoms. The van der Waals surface area contributed by atoms with Crippen LogP contribution in [0.15, 0.2) is 36.5 Å². The number of unbranched alkanes of at least 4 members (excludes halogenated alkanes) is 1. The molecule has 1 atom stereocenters. The van der Waals surface area contributed by atoms with Crippen LogP contribution in [-0.4, -0.2) is 52.4 Å². The lowest BCUT2D eigenvalue weighted by Gasteiger charge is -2.28. The summed E-state index contributed by atoms with van der Waals surface area (Å²) < 4.78 is 32.5. The Morgan fingerprint density at radius 1 is 1.00 bits per heavy atom. The van der Waals surface area contributed by atoms with Crippen molar-refractivity contribution in [1.29, 1.82) is 0 Å². The molecular weight excluding hydrogens is 562 g/mol. The number of alkyl halides is 1. The van der Waals surface area contributed by atoms with Gasteiger partial charge in [0.15, 0.2) is 10.7 Å². The van der Waals surface area contributed by atoms with Crippen molar-refractivity contribution in [3.63, 3.8) is 0 Å². The molecule has 8 heteroatoms. The fourth-order valence-corrected chi connectivity index (χ4v) is 8.56. The van der Waals surface area contributed by atoms with E-state index in [2.05, 4.69) is 20.7 Å². The number of thiazole rings is 1. The number of nitrogens with one attached hydrogen (secondary N) is 1. The van der Waals surface area contributed by atoms with Gasteiger partial charge in [0.25, 0.3) is 0 Å². The highest BCUT2D eigenvalue weighted by Crippen LogP contribution is 2.42. The minimum atomic E-state index is -0.648. The molecule has 43 heavy (non-hydrogen) atoms. The lowest BCUT2D eigenvalue weighted by Crippen LogP contribution is -2.35. The maximum absolute atomic E-state index is 16.0. The Morgan fingerprint density at radius 2 is 1.84 bits per heavy atom. The van der Waals surface area contributed by atoms with Gasteiger partial charge in [-0.05, 0) is 106 Å². The molecule has 5 nitrogen and oxygen atoms in total. The van der Waals surface area contributed by atoms with Crippen molar-refractivity contribution in [1.82, 2.24) is 19.6 Å². The zero-order valence-corrected chi connectivity index (χ0v) is 25.7. The second-order valence-corrected chi connectivity index (χ2v) is 13.9. The summed E-state index contributed by atoms with van der Waals surface area (Å²) in [6, 6.07) is 10.1. The van der Waals surface area contributed by atoms with Gasteiger partial charge in [-0.2, -0.15) is 0 Å². The topological polar surface area (TPSA) is 49.6 Å². The normalized spacial score (nSPS) is 20.9. The first kappa shape index (κ1) is 29.1. The van der Waals surface area contributed by atoms with Crippen molar-refractivity contribution >= 4 is 32.3 Å². The number of rotatable bonds is 9. The van der Waals surface area contributed by atoms with Crippen LogP contribution in [0.3, 0.4) is 0 Å². The molecule has 2 aromatic heterocycles. The van der Waals surface area contributed by atoms with Gasteiger partial charge in [-0.25, -0.2) is 13.8 Å². The molecule has 1 saturated carbocycles. The van der Waals surface area contributed by atoms with E-state index in [9.17, 15) is 9.18 Å². The molecule has 3 fully saturated rings. The Labute approximate surface area is 256 Å². The predicted octanol–water partition coefficient (Wildman–Crippen LogP) is 8.61. The lowest BCUT2D eigenvalue weighted by atomic mass is 9.80. The molecule has 2 aromatic carbocycles.